The molecule has 18 heavy (non-hydrogen) atoms. The summed E-state index contributed by atoms with van der Waals surface area (Å²) in [6.45, 7) is 16.1. The Balaban J connectivity index is 4.20. The van der Waals surface area contributed by atoms with Crippen LogP contribution >= 0.6 is 0 Å². The van der Waals surface area contributed by atoms with E-state index in [1.165, 1.54) is 6.42 Å². The fourth-order valence-electron chi connectivity index (χ4n) is 2.30. The van der Waals surface area contributed by atoms with Crippen molar-refractivity contribution in [2.75, 3.05) is 13.6 Å². The van der Waals surface area contributed by atoms with Crippen LogP contribution in [0, 0.1) is 5.92 Å². The van der Waals surface area contributed by atoms with Crippen molar-refractivity contribution in [2.24, 2.45) is 11.0 Å². The second kappa shape index (κ2) is 9.15. The SMILES string of the molecule is C=NN(C)/C=C/CCN(C(C)C)C(C)CC(C)C. The average Bonchev–Trinajstić information content (AvgIpc) is 2.26. The molecule has 0 aliphatic carbocycles. The maximum absolute atomic E-state index is 3.80. The molecule has 0 aromatic rings. The molecule has 0 rings (SSSR count). The first kappa shape index (κ1) is 17.2. The molecule has 0 aliphatic heterocycles. The molecule has 0 N–H and O–H groups in total. The molecule has 1 atom stereocenters. The summed E-state index contributed by atoms with van der Waals surface area (Å²) in [6, 6.07) is 1.25. The minimum atomic E-state index is 0.599. The van der Waals surface area contributed by atoms with Crippen LogP contribution in [0.15, 0.2) is 17.4 Å². The van der Waals surface area contributed by atoms with E-state index in [0.717, 1.165) is 18.9 Å². The predicted molar refractivity (Wildman–Crippen MR) is 81.8 cm³/mol. The van der Waals surface area contributed by atoms with Crippen LogP contribution < -0.4 is 0 Å². The van der Waals surface area contributed by atoms with Gasteiger partial charge in [0.05, 0.1) is 0 Å². The summed E-state index contributed by atoms with van der Waals surface area (Å²) >= 11 is 0. The Morgan fingerprint density at radius 1 is 1.17 bits per heavy atom. The normalized spacial score (nSPS) is 13.8. The van der Waals surface area contributed by atoms with Crippen LogP contribution in [0.3, 0.4) is 0 Å². The highest BCUT2D eigenvalue weighted by atomic mass is 15.4. The van der Waals surface area contributed by atoms with Gasteiger partial charge in [-0.3, -0.25) is 9.91 Å². The molecule has 0 saturated heterocycles. The Kier molecular flexibility index (Phi) is 8.73. The van der Waals surface area contributed by atoms with Crippen LogP contribution in [0.1, 0.15) is 47.5 Å². The fourth-order valence-corrected chi connectivity index (χ4v) is 2.30. The van der Waals surface area contributed by atoms with Gasteiger partial charge in [0.15, 0.2) is 0 Å². The zero-order valence-corrected chi connectivity index (χ0v) is 13.1. The third kappa shape index (κ3) is 7.49. The van der Waals surface area contributed by atoms with Crippen LogP contribution in [0.25, 0.3) is 0 Å². The van der Waals surface area contributed by atoms with Crippen LogP contribution in [0.2, 0.25) is 0 Å². The Labute approximate surface area is 114 Å². The van der Waals surface area contributed by atoms with E-state index in [0.29, 0.717) is 12.1 Å². The van der Waals surface area contributed by atoms with E-state index < -0.39 is 0 Å². The summed E-state index contributed by atoms with van der Waals surface area (Å²) in [5.41, 5.74) is 0. The van der Waals surface area contributed by atoms with E-state index in [9.17, 15) is 0 Å². The van der Waals surface area contributed by atoms with E-state index in [2.05, 4.69) is 57.4 Å². The molecule has 106 valence electrons. The second-order valence-electron chi connectivity index (χ2n) is 5.70. The lowest BCUT2D eigenvalue weighted by molar-refractivity contribution is 0.149. The molecule has 0 aliphatic rings. The van der Waals surface area contributed by atoms with Crippen LogP contribution in [-0.4, -0.2) is 42.3 Å². The van der Waals surface area contributed by atoms with E-state index >= 15 is 0 Å². The Hall–Kier alpha value is -0.830. The number of hydrazone groups is 1. The van der Waals surface area contributed by atoms with E-state index in [1.54, 1.807) is 5.01 Å². The third-order valence-corrected chi connectivity index (χ3v) is 3.14. The van der Waals surface area contributed by atoms with Crippen molar-refractivity contribution >= 4 is 6.72 Å². The summed E-state index contributed by atoms with van der Waals surface area (Å²) in [4.78, 5) is 2.58. The van der Waals surface area contributed by atoms with Gasteiger partial charge in [0.25, 0.3) is 0 Å². The van der Waals surface area contributed by atoms with E-state index in [4.69, 9.17) is 0 Å². The fraction of sp³-hybridized carbons (Fsp3) is 0.800. The first-order chi connectivity index (χ1) is 8.38. The minimum Gasteiger partial charge on any atom is -0.298 e. The van der Waals surface area contributed by atoms with Crippen molar-refractivity contribution in [1.29, 1.82) is 0 Å². The molecule has 0 bridgehead atoms. The third-order valence-electron chi connectivity index (χ3n) is 3.14. The highest BCUT2D eigenvalue weighted by Gasteiger charge is 2.16. The van der Waals surface area contributed by atoms with Crippen molar-refractivity contribution in [1.82, 2.24) is 9.91 Å². The van der Waals surface area contributed by atoms with Crippen LogP contribution in [0.4, 0.5) is 0 Å². The standard InChI is InChI=1S/C15H31N3/c1-13(2)12-15(5)18(14(3)4)11-9-8-10-17(7)16-6/h8,10,13-15H,6,9,11-12H2,1-5,7H3/b10-8+. The van der Waals surface area contributed by atoms with Crippen molar-refractivity contribution < 1.29 is 0 Å². The summed E-state index contributed by atoms with van der Waals surface area (Å²) in [5.74, 6) is 0.757. The van der Waals surface area contributed by atoms with Gasteiger partial charge in [-0.25, -0.2) is 0 Å². The van der Waals surface area contributed by atoms with Gasteiger partial charge < -0.3 is 0 Å². The van der Waals surface area contributed by atoms with Crippen LogP contribution in [-0.2, 0) is 0 Å². The van der Waals surface area contributed by atoms with Crippen molar-refractivity contribution in [3.63, 3.8) is 0 Å². The maximum atomic E-state index is 3.80. The molecular weight excluding hydrogens is 222 g/mol. The first-order valence-electron chi connectivity index (χ1n) is 7.00. The number of nitrogens with zero attached hydrogens (tertiary/aromatic N) is 3. The summed E-state index contributed by atoms with van der Waals surface area (Å²) in [5, 5.41) is 5.53. The molecule has 0 aromatic carbocycles. The molecule has 3 heteroatoms. The Morgan fingerprint density at radius 3 is 2.22 bits per heavy atom. The zero-order chi connectivity index (χ0) is 14.1. The van der Waals surface area contributed by atoms with Gasteiger partial charge in [-0.15, -0.1) is 0 Å². The summed E-state index contributed by atoms with van der Waals surface area (Å²) in [7, 11) is 1.89. The molecule has 0 amide bonds. The molecule has 1 unspecified atom stereocenters. The van der Waals surface area contributed by atoms with Gasteiger partial charge >= 0.3 is 0 Å². The molecule has 0 heterocycles. The molecule has 0 aromatic heterocycles. The first-order valence-corrected chi connectivity index (χ1v) is 7.00. The summed E-state index contributed by atoms with van der Waals surface area (Å²) in [6.07, 6.45) is 6.45. The van der Waals surface area contributed by atoms with Crippen molar-refractivity contribution in [3.05, 3.63) is 12.3 Å². The van der Waals surface area contributed by atoms with Crippen molar-refractivity contribution in [2.45, 2.75) is 59.5 Å². The number of hydrogen-bond donors (Lipinski definition) is 0. The molecule has 0 radical (unpaired) electrons. The molecular formula is C15H31N3. The molecule has 0 saturated carbocycles. The number of rotatable bonds is 9. The lowest BCUT2D eigenvalue weighted by Crippen LogP contribution is -2.40. The van der Waals surface area contributed by atoms with Gasteiger partial charge in [-0.1, -0.05) is 19.9 Å². The smallest absolute Gasteiger partial charge is 0.0296 e. The zero-order valence-electron chi connectivity index (χ0n) is 13.1. The summed E-state index contributed by atoms with van der Waals surface area (Å²) < 4.78 is 0. The lowest BCUT2D eigenvalue weighted by atomic mass is 10.0. The molecule has 3 nitrogen and oxygen atoms in total. The Morgan fingerprint density at radius 2 is 1.78 bits per heavy atom. The average molecular weight is 253 g/mol. The minimum absolute atomic E-state index is 0.599. The molecule has 0 spiro atoms. The van der Waals surface area contributed by atoms with E-state index in [1.807, 2.05) is 13.2 Å². The van der Waals surface area contributed by atoms with E-state index in [-0.39, 0.29) is 0 Å². The second-order valence-corrected chi connectivity index (χ2v) is 5.70. The van der Waals surface area contributed by atoms with Gasteiger partial charge in [0, 0.05) is 38.6 Å². The van der Waals surface area contributed by atoms with Gasteiger partial charge in [-0.2, -0.15) is 5.10 Å². The predicted octanol–water partition coefficient (Wildman–Crippen LogP) is 3.58. The monoisotopic (exact) mass is 253 g/mol. The van der Waals surface area contributed by atoms with Gasteiger partial charge in [0.2, 0.25) is 0 Å². The Bertz CT molecular complexity index is 246. The topological polar surface area (TPSA) is 18.8 Å². The number of hydrogen-bond acceptors (Lipinski definition) is 3. The largest absolute Gasteiger partial charge is 0.298 e. The quantitative estimate of drug-likeness (QED) is 0.462. The van der Waals surface area contributed by atoms with Crippen molar-refractivity contribution in [3.8, 4) is 0 Å². The van der Waals surface area contributed by atoms with Crippen LogP contribution in [0.5, 0.6) is 0 Å². The van der Waals surface area contributed by atoms with Gasteiger partial charge in [-0.05, 0) is 39.5 Å². The molecule has 0 fully saturated rings. The maximum Gasteiger partial charge on any atom is 0.0296 e. The van der Waals surface area contributed by atoms with Gasteiger partial charge in [0.1, 0.15) is 0 Å². The highest BCUT2D eigenvalue weighted by molar-refractivity contribution is 5.22. The highest BCUT2D eigenvalue weighted by Crippen LogP contribution is 2.14. The lowest BCUT2D eigenvalue weighted by Gasteiger charge is -2.33.